The van der Waals surface area contributed by atoms with Gasteiger partial charge in [-0.3, -0.25) is 0 Å². The van der Waals surface area contributed by atoms with Gasteiger partial charge in [0.2, 0.25) is 0 Å². The number of esters is 1. The van der Waals surface area contributed by atoms with Crippen molar-refractivity contribution in [3.8, 4) is 0 Å². The number of carbonyl (C=O) groups excluding carboxylic acids is 1. The predicted molar refractivity (Wildman–Crippen MR) is 72.5 cm³/mol. The minimum absolute atomic E-state index is 0.237. The summed E-state index contributed by atoms with van der Waals surface area (Å²) >= 11 is 0. The van der Waals surface area contributed by atoms with Crippen LogP contribution in [0.25, 0.3) is 6.08 Å². The van der Waals surface area contributed by atoms with E-state index in [9.17, 15) is 23.1 Å². The van der Waals surface area contributed by atoms with Crippen LogP contribution in [0.2, 0.25) is 0 Å². The number of hydrogen-bond acceptors (Lipinski definition) is 3. The summed E-state index contributed by atoms with van der Waals surface area (Å²) in [6.45, 7) is 3.02. The monoisotopic (exact) mass is 302 g/mol. The molecule has 0 fully saturated rings. The average molecular weight is 302 g/mol. The van der Waals surface area contributed by atoms with Gasteiger partial charge in [0, 0.05) is 6.42 Å². The molecule has 1 N–H and O–H groups in total. The summed E-state index contributed by atoms with van der Waals surface area (Å²) in [6, 6.07) is 7.06. The summed E-state index contributed by atoms with van der Waals surface area (Å²) in [5, 5.41) is 9.62. The quantitative estimate of drug-likeness (QED) is 0.849. The SMILES string of the molecule is CCOC(=O)C(O)(CC=Cc1ccc(C)cc1)C(F)(F)F. The molecule has 6 heteroatoms. The van der Waals surface area contributed by atoms with Gasteiger partial charge in [0.25, 0.3) is 5.60 Å². The first-order valence-electron chi connectivity index (χ1n) is 6.40. The molecule has 116 valence electrons. The summed E-state index contributed by atoms with van der Waals surface area (Å²) in [4.78, 5) is 11.4. The topological polar surface area (TPSA) is 46.5 Å². The Morgan fingerprint density at radius 1 is 1.29 bits per heavy atom. The first-order valence-corrected chi connectivity index (χ1v) is 6.40. The molecule has 3 nitrogen and oxygen atoms in total. The molecule has 0 amide bonds. The highest BCUT2D eigenvalue weighted by Gasteiger charge is 2.59. The van der Waals surface area contributed by atoms with Crippen molar-refractivity contribution in [1.29, 1.82) is 0 Å². The first kappa shape index (κ1) is 17.2. The number of ether oxygens (including phenoxy) is 1. The van der Waals surface area contributed by atoms with Crippen LogP contribution in [-0.2, 0) is 9.53 Å². The van der Waals surface area contributed by atoms with E-state index in [4.69, 9.17) is 0 Å². The van der Waals surface area contributed by atoms with Gasteiger partial charge in [-0.05, 0) is 19.4 Å². The summed E-state index contributed by atoms with van der Waals surface area (Å²) in [7, 11) is 0. The van der Waals surface area contributed by atoms with Gasteiger partial charge in [-0.15, -0.1) is 0 Å². The van der Waals surface area contributed by atoms with Gasteiger partial charge < -0.3 is 9.84 Å². The number of carbonyl (C=O) groups is 1. The van der Waals surface area contributed by atoms with E-state index in [-0.39, 0.29) is 6.61 Å². The van der Waals surface area contributed by atoms with E-state index in [1.165, 1.54) is 13.0 Å². The third-order valence-electron chi connectivity index (χ3n) is 2.88. The molecule has 0 heterocycles. The summed E-state index contributed by atoms with van der Waals surface area (Å²) in [5.41, 5.74) is -1.83. The number of aliphatic hydroxyl groups is 1. The molecule has 0 aliphatic rings. The molecule has 0 aliphatic carbocycles. The van der Waals surface area contributed by atoms with E-state index in [0.717, 1.165) is 11.6 Å². The number of aryl methyl sites for hydroxylation is 1. The van der Waals surface area contributed by atoms with Crippen LogP contribution in [0.4, 0.5) is 13.2 Å². The maximum atomic E-state index is 12.9. The van der Waals surface area contributed by atoms with Crippen LogP contribution in [0, 0.1) is 6.92 Å². The molecule has 0 aromatic heterocycles. The maximum absolute atomic E-state index is 12.9. The highest BCUT2D eigenvalue weighted by atomic mass is 19.4. The number of hydrogen-bond donors (Lipinski definition) is 1. The standard InChI is InChI=1S/C15H17F3O3/c1-3-21-13(19)14(20,15(16,17)18)10-4-5-12-8-6-11(2)7-9-12/h4-9,20H,3,10H2,1-2H3. The van der Waals surface area contributed by atoms with Crippen molar-refractivity contribution in [1.82, 2.24) is 0 Å². The maximum Gasteiger partial charge on any atom is 0.428 e. The molecular formula is C15H17F3O3. The smallest absolute Gasteiger partial charge is 0.428 e. The van der Waals surface area contributed by atoms with Crippen LogP contribution in [0.15, 0.2) is 30.3 Å². The van der Waals surface area contributed by atoms with E-state index in [2.05, 4.69) is 4.74 Å². The molecule has 0 saturated carbocycles. The molecule has 0 spiro atoms. The van der Waals surface area contributed by atoms with E-state index >= 15 is 0 Å². The molecular weight excluding hydrogens is 285 g/mol. The number of rotatable bonds is 5. The zero-order chi connectivity index (χ0) is 16.1. The Labute approximate surface area is 121 Å². The van der Waals surface area contributed by atoms with Crippen molar-refractivity contribution in [3.05, 3.63) is 41.5 Å². The van der Waals surface area contributed by atoms with Crippen LogP contribution in [-0.4, -0.2) is 29.5 Å². The van der Waals surface area contributed by atoms with Crippen LogP contribution in [0.3, 0.4) is 0 Å². The molecule has 1 aromatic carbocycles. The van der Waals surface area contributed by atoms with E-state index < -0.39 is 24.2 Å². The Hall–Kier alpha value is -1.82. The fourth-order valence-corrected chi connectivity index (χ4v) is 1.61. The van der Waals surface area contributed by atoms with Crippen LogP contribution < -0.4 is 0 Å². The molecule has 0 bridgehead atoms. The third-order valence-corrected chi connectivity index (χ3v) is 2.88. The lowest BCUT2D eigenvalue weighted by atomic mass is 9.98. The van der Waals surface area contributed by atoms with Crippen LogP contribution >= 0.6 is 0 Å². The Morgan fingerprint density at radius 3 is 2.33 bits per heavy atom. The Balaban J connectivity index is 2.88. The van der Waals surface area contributed by atoms with Gasteiger partial charge >= 0.3 is 12.1 Å². The second-order valence-corrected chi connectivity index (χ2v) is 4.60. The summed E-state index contributed by atoms with van der Waals surface area (Å²) < 4.78 is 42.9. The molecule has 1 atom stereocenters. The second-order valence-electron chi connectivity index (χ2n) is 4.60. The number of benzene rings is 1. The van der Waals surface area contributed by atoms with Crippen molar-refractivity contribution < 1.29 is 27.8 Å². The molecule has 1 unspecified atom stereocenters. The second kappa shape index (κ2) is 6.76. The van der Waals surface area contributed by atoms with Crippen molar-refractivity contribution in [2.24, 2.45) is 0 Å². The van der Waals surface area contributed by atoms with Crippen molar-refractivity contribution in [3.63, 3.8) is 0 Å². The average Bonchev–Trinajstić information content (AvgIpc) is 2.39. The minimum Gasteiger partial charge on any atom is -0.464 e. The predicted octanol–water partition coefficient (Wildman–Crippen LogP) is 3.25. The Bertz CT molecular complexity index is 506. The first-order chi connectivity index (χ1) is 9.70. The lowest BCUT2D eigenvalue weighted by Crippen LogP contribution is -2.52. The van der Waals surface area contributed by atoms with Crippen molar-refractivity contribution in [2.45, 2.75) is 32.0 Å². The Kier molecular flexibility index (Phi) is 5.54. The largest absolute Gasteiger partial charge is 0.464 e. The van der Waals surface area contributed by atoms with Gasteiger partial charge in [0.1, 0.15) is 0 Å². The number of alkyl halides is 3. The van der Waals surface area contributed by atoms with Crippen molar-refractivity contribution >= 4 is 12.0 Å². The number of halogens is 3. The Morgan fingerprint density at radius 2 is 1.86 bits per heavy atom. The molecule has 0 aliphatic heterocycles. The van der Waals surface area contributed by atoms with Gasteiger partial charge in [-0.2, -0.15) is 13.2 Å². The fourth-order valence-electron chi connectivity index (χ4n) is 1.61. The molecule has 0 saturated heterocycles. The van der Waals surface area contributed by atoms with E-state index in [0.29, 0.717) is 5.56 Å². The molecule has 1 rings (SSSR count). The molecule has 21 heavy (non-hydrogen) atoms. The minimum atomic E-state index is -5.10. The van der Waals surface area contributed by atoms with Gasteiger partial charge in [0.05, 0.1) is 6.61 Å². The lowest BCUT2D eigenvalue weighted by Gasteiger charge is -2.26. The van der Waals surface area contributed by atoms with E-state index in [1.54, 1.807) is 24.3 Å². The van der Waals surface area contributed by atoms with Gasteiger partial charge in [0.15, 0.2) is 0 Å². The van der Waals surface area contributed by atoms with Crippen LogP contribution in [0.1, 0.15) is 24.5 Å². The summed E-state index contributed by atoms with van der Waals surface area (Å²) in [6.07, 6.45) is -3.48. The fraction of sp³-hybridized carbons (Fsp3) is 0.400. The normalized spacial score (nSPS) is 15.0. The summed E-state index contributed by atoms with van der Waals surface area (Å²) in [5.74, 6) is -1.69. The zero-order valence-electron chi connectivity index (χ0n) is 11.8. The van der Waals surface area contributed by atoms with Crippen molar-refractivity contribution in [2.75, 3.05) is 6.61 Å². The lowest BCUT2D eigenvalue weighted by molar-refractivity contribution is -0.261. The van der Waals surface area contributed by atoms with Gasteiger partial charge in [-0.1, -0.05) is 42.0 Å². The molecule has 1 aromatic rings. The third kappa shape index (κ3) is 4.32. The highest BCUT2D eigenvalue weighted by molar-refractivity contribution is 5.80. The molecule has 0 radical (unpaired) electrons. The highest BCUT2D eigenvalue weighted by Crippen LogP contribution is 2.34. The van der Waals surface area contributed by atoms with Gasteiger partial charge in [-0.25, -0.2) is 4.79 Å². The van der Waals surface area contributed by atoms with E-state index in [1.807, 2.05) is 6.92 Å². The van der Waals surface area contributed by atoms with Crippen LogP contribution in [0.5, 0.6) is 0 Å². The zero-order valence-corrected chi connectivity index (χ0v) is 11.8.